The summed E-state index contributed by atoms with van der Waals surface area (Å²) in [7, 11) is 0. The predicted molar refractivity (Wildman–Crippen MR) is 122 cm³/mol. The molecule has 1 saturated carbocycles. The van der Waals surface area contributed by atoms with E-state index in [9.17, 15) is 4.79 Å². The normalized spacial score (nSPS) is 21.3. The van der Waals surface area contributed by atoms with Gasteiger partial charge in [-0.2, -0.15) is 0 Å². The average molecular weight is 434 g/mol. The summed E-state index contributed by atoms with van der Waals surface area (Å²) in [5.74, 6) is 1.43. The summed E-state index contributed by atoms with van der Waals surface area (Å²) in [5.41, 5.74) is 1.97. The molecule has 1 aliphatic heterocycles. The highest BCUT2D eigenvalue weighted by atomic mass is 16.5. The number of hydrogen-bond donors (Lipinski definition) is 1. The van der Waals surface area contributed by atoms with Crippen LogP contribution in [0.5, 0.6) is 5.75 Å². The van der Waals surface area contributed by atoms with Crippen LogP contribution in [0.1, 0.15) is 25.7 Å². The Labute approximate surface area is 187 Å². The van der Waals surface area contributed by atoms with Crippen LogP contribution in [0.4, 0.5) is 11.5 Å². The highest BCUT2D eigenvalue weighted by molar-refractivity contribution is 5.91. The van der Waals surface area contributed by atoms with Crippen LogP contribution in [0.25, 0.3) is 10.9 Å². The first kappa shape index (κ1) is 20.6. The van der Waals surface area contributed by atoms with Crippen LogP contribution in [0.2, 0.25) is 0 Å². The molecular formula is C24H27N5O3. The van der Waals surface area contributed by atoms with Gasteiger partial charge in [-0.3, -0.25) is 4.79 Å². The number of amides is 1. The van der Waals surface area contributed by atoms with Crippen molar-refractivity contribution in [2.45, 2.75) is 31.8 Å². The molecule has 1 saturated heterocycles. The molecule has 0 bridgehead atoms. The second kappa shape index (κ2) is 9.48. The maximum Gasteiger partial charge on any atom is 0.228 e. The van der Waals surface area contributed by atoms with Crippen molar-refractivity contribution in [1.29, 1.82) is 0 Å². The maximum absolute atomic E-state index is 12.6. The second-order valence-corrected chi connectivity index (χ2v) is 8.29. The molecule has 1 aromatic carbocycles. The Hall–Kier alpha value is -3.26. The molecule has 2 aromatic heterocycles. The van der Waals surface area contributed by atoms with Crippen molar-refractivity contribution in [2.24, 2.45) is 5.92 Å². The number of benzene rings is 1. The lowest BCUT2D eigenvalue weighted by Crippen LogP contribution is -2.36. The summed E-state index contributed by atoms with van der Waals surface area (Å²) in [4.78, 5) is 27.7. The Morgan fingerprint density at radius 3 is 2.72 bits per heavy atom. The van der Waals surface area contributed by atoms with E-state index in [0.29, 0.717) is 5.82 Å². The van der Waals surface area contributed by atoms with Crippen LogP contribution in [0, 0.1) is 5.92 Å². The molecule has 0 atom stereocenters. The van der Waals surface area contributed by atoms with E-state index in [-0.39, 0.29) is 17.9 Å². The third-order valence-corrected chi connectivity index (χ3v) is 6.20. The number of nitrogens with one attached hydrogen (secondary N) is 1. The molecule has 0 radical (unpaired) electrons. The second-order valence-electron chi connectivity index (χ2n) is 8.29. The number of fused-ring (bicyclic) bond motifs is 1. The maximum atomic E-state index is 12.6. The number of morpholine rings is 1. The van der Waals surface area contributed by atoms with Gasteiger partial charge in [0.2, 0.25) is 5.91 Å². The molecule has 32 heavy (non-hydrogen) atoms. The first-order valence-corrected chi connectivity index (χ1v) is 11.2. The Kier molecular flexibility index (Phi) is 6.11. The third kappa shape index (κ3) is 4.65. The zero-order valence-electron chi connectivity index (χ0n) is 17.9. The number of carbonyl (C=O) groups excluding carboxylic acids is 1. The average Bonchev–Trinajstić information content (AvgIpc) is 2.85. The Morgan fingerprint density at radius 1 is 1.09 bits per heavy atom. The van der Waals surface area contributed by atoms with Crippen molar-refractivity contribution in [1.82, 2.24) is 15.0 Å². The highest BCUT2D eigenvalue weighted by Crippen LogP contribution is 2.34. The van der Waals surface area contributed by atoms with Gasteiger partial charge in [0.1, 0.15) is 17.9 Å². The van der Waals surface area contributed by atoms with Gasteiger partial charge >= 0.3 is 0 Å². The summed E-state index contributed by atoms with van der Waals surface area (Å²) in [6.45, 7) is 3.16. The summed E-state index contributed by atoms with van der Waals surface area (Å²) < 4.78 is 12.0. The standard InChI is InChI=1S/C24H27N5O3/c30-24(28-23-3-1-2-8-26-23)17-4-6-19(7-5-17)32-22-14-18(29-9-11-31-12-10-29)13-21-20(22)15-25-16-27-21/h1-3,8,13-17,19H,4-7,9-12H2,(H,26,28,30). The molecular weight excluding hydrogens is 406 g/mol. The molecule has 2 aliphatic rings. The van der Waals surface area contributed by atoms with E-state index >= 15 is 0 Å². The number of anilines is 2. The Balaban J connectivity index is 1.26. The lowest BCUT2D eigenvalue weighted by molar-refractivity contribution is -0.121. The largest absolute Gasteiger partial charge is 0.490 e. The van der Waals surface area contributed by atoms with Gasteiger partial charge in [-0.25, -0.2) is 15.0 Å². The van der Waals surface area contributed by atoms with Gasteiger partial charge in [-0.05, 0) is 43.9 Å². The molecule has 3 aromatic rings. The van der Waals surface area contributed by atoms with Gasteiger partial charge in [-0.15, -0.1) is 0 Å². The minimum atomic E-state index is -0.0170. The van der Waals surface area contributed by atoms with Crippen LogP contribution in [-0.2, 0) is 9.53 Å². The lowest BCUT2D eigenvalue weighted by atomic mass is 9.86. The number of hydrogen-bond acceptors (Lipinski definition) is 7. The molecule has 0 spiro atoms. The first-order valence-electron chi connectivity index (χ1n) is 11.2. The molecule has 8 nitrogen and oxygen atoms in total. The van der Waals surface area contributed by atoms with Crippen molar-refractivity contribution in [3.05, 3.63) is 49.1 Å². The van der Waals surface area contributed by atoms with E-state index in [0.717, 1.165) is 74.3 Å². The smallest absolute Gasteiger partial charge is 0.228 e. The number of carbonyl (C=O) groups is 1. The van der Waals surface area contributed by atoms with Crippen LogP contribution < -0.4 is 15.0 Å². The Bertz CT molecular complexity index is 1060. The van der Waals surface area contributed by atoms with Crippen molar-refractivity contribution in [3.8, 4) is 5.75 Å². The van der Waals surface area contributed by atoms with Crippen molar-refractivity contribution >= 4 is 28.3 Å². The monoisotopic (exact) mass is 433 g/mol. The van der Waals surface area contributed by atoms with E-state index in [1.165, 1.54) is 0 Å². The number of ether oxygens (including phenoxy) is 2. The molecule has 0 unspecified atom stereocenters. The first-order chi connectivity index (χ1) is 15.8. The SMILES string of the molecule is O=C(Nc1ccccn1)C1CCC(Oc2cc(N3CCOCC3)cc3ncncc23)CC1. The predicted octanol–water partition coefficient (Wildman–Crippen LogP) is 3.44. The molecule has 5 rings (SSSR count). The van der Waals surface area contributed by atoms with E-state index < -0.39 is 0 Å². The molecule has 8 heteroatoms. The quantitative estimate of drug-likeness (QED) is 0.659. The molecule has 1 N–H and O–H groups in total. The van der Waals surface area contributed by atoms with Crippen LogP contribution in [0.3, 0.4) is 0 Å². The number of pyridine rings is 1. The van der Waals surface area contributed by atoms with E-state index in [4.69, 9.17) is 9.47 Å². The van der Waals surface area contributed by atoms with E-state index in [1.807, 2.05) is 18.3 Å². The van der Waals surface area contributed by atoms with Gasteiger partial charge in [-0.1, -0.05) is 6.07 Å². The van der Waals surface area contributed by atoms with E-state index in [2.05, 4.69) is 37.3 Å². The molecule has 1 amide bonds. The molecule has 2 fully saturated rings. The molecule has 166 valence electrons. The highest BCUT2D eigenvalue weighted by Gasteiger charge is 2.28. The summed E-state index contributed by atoms with van der Waals surface area (Å²) >= 11 is 0. The molecule has 3 heterocycles. The van der Waals surface area contributed by atoms with Crippen LogP contribution in [0.15, 0.2) is 49.1 Å². The van der Waals surface area contributed by atoms with Crippen molar-refractivity contribution in [2.75, 3.05) is 36.5 Å². The summed E-state index contributed by atoms with van der Waals surface area (Å²) in [6.07, 6.45) is 8.38. The fourth-order valence-electron chi connectivity index (χ4n) is 4.43. The van der Waals surface area contributed by atoms with Gasteiger partial charge < -0.3 is 19.7 Å². The zero-order chi connectivity index (χ0) is 21.8. The topological polar surface area (TPSA) is 89.5 Å². The zero-order valence-corrected chi connectivity index (χ0v) is 17.9. The van der Waals surface area contributed by atoms with Gasteiger partial charge in [0.15, 0.2) is 0 Å². The van der Waals surface area contributed by atoms with Gasteiger partial charge in [0.05, 0.1) is 30.2 Å². The summed E-state index contributed by atoms with van der Waals surface area (Å²) in [6, 6.07) is 9.69. The van der Waals surface area contributed by atoms with Crippen molar-refractivity contribution in [3.63, 3.8) is 0 Å². The molecule has 1 aliphatic carbocycles. The summed E-state index contributed by atoms with van der Waals surface area (Å²) in [5, 5.41) is 3.84. The lowest BCUT2D eigenvalue weighted by Gasteiger charge is -2.31. The van der Waals surface area contributed by atoms with Gasteiger partial charge in [0, 0.05) is 43.2 Å². The minimum absolute atomic E-state index is 0.0170. The third-order valence-electron chi connectivity index (χ3n) is 6.20. The minimum Gasteiger partial charge on any atom is -0.490 e. The Morgan fingerprint density at radius 2 is 1.94 bits per heavy atom. The van der Waals surface area contributed by atoms with Crippen molar-refractivity contribution < 1.29 is 14.3 Å². The number of rotatable bonds is 5. The number of aromatic nitrogens is 3. The van der Waals surface area contributed by atoms with E-state index in [1.54, 1.807) is 18.6 Å². The fraction of sp³-hybridized carbons (Fsp3) is 0.417. The number of nitrogens with zero attached hydrogens (tertiary/aromatic N) is 4. The van der Waals surface area contributed by atoms with Gasteiger partial charge in [0.25, 0.3) is 0 Å². The fourth-order valence-corrected chi connectivity index (χ4v) is 4.43. The van der Waals surface area contributed by atoms with Crippen LogP contribution in [-0.4, -0.2) is 53.3 Å². The van der Waals surface area contributed by atoms with Crippen LogP contribution >= 0.6 is 0 Å².